The van der Waals surface area contributed by atoms with Gasteiger partial charge in [0.25, 0.3) is 0 Å². The Morgan fingerprint density at radius 3 is 2.72 bits per heavy atom. The molecule has 0 saturated heterocycles. The predicted octanol–water partition coefficient (Wildman–Crippen LogP) is 3.54. The van der Waals surface area contributed by atoms with Crippen LogP contribution in [0.25, 0.3) is 0 Å². The summed E-state index contributed by atoms with van der Waals surface area (Å²) in [6, 6.07) is 0. The summed E-state index contributed by atoms with van der Waals surface area (Å²) in [5.74, 6) is 2.52. The fraction of sp³-hybridized carbons (Fsp3) is 0.692. The van der Waals surface area contributed by atoms with Gasteiger partial charge in [-0.2, -0.15) is 0 Å². The van der Waals surface area contributed by atoms with Crippen molar-refractivity contribution in [3.8, 4) is 0 Å². The van der Waals surface area contributed by atoms with Gasteiger partial charge in [-0.3, -0.25) is 0 Å². The zero-order chi connectivity index (χ0) is 13.5. The molecule has 102 valence electrons. The van der Waals surface area contributed by atoms with E-state index in [1.165, 1.54) is 0 Å². The van der Waals surface area contributed by atoms with Crippen LogP contribution >= 0.6 is 15.9 Å². The van der Waals surface area contributed by atoms with E-state index in [4.69, 9.17) is 0 Å². The second-order valence-corrected chi connectivity index (χ2v) is 5.68. The number of hydrogen-bond donors (Lipinski definition) is 1. The number of halogens is 1. The molecule has 1 aromatic heterocycles. The minimum absolute atomic E-state index is 0.700. The summed E-state index contributed by atoms with van der Waals surface area (Å²) in [6.45, 7) is 8.53. The quantitative estimate of drug-likeness (QED) is 0.835. The molecule has 0 aliphatic heterocycles. The number of hydrogen-bond acceptors (Lipinski definition) is 4. The number of nitrogens with zero attached hydrogens (tertiary/aromatic N) is 3. The van der Waals surface area contributed by atoms with Crippen LogP contribution in [0.3, 0.4) is 0 Å². The van der Waals surface area contributed by atoms with Crippen LogP contribution in [-0.2, 0) is 0 Å². The smallest absolute Gasteiger partial charge is 0.148 e. The molecule has 0 unspecified atom stereocenters. The topological polar surface area (TPSA) is 41.1 Å². The first-order valence-electron chi connectivity index (χ1n) is 6.51. The zero-order valence-corrected chi connectivity index (χ0v) is 13.3. The molecule has 0 aliphatic carbocycles. The molecule has 1 heterocycles. The molecule has 0 bridgehead atoms. The molecule has 0 aliphatic rings. The molecule has 0 radical (unpaired) electrons. The van der Waals surface area contributed by atoms with E-state index in [1.807, 2.05) is 0 Å². The normalized spacial score (nSPS) is 10.8. The second-order valence-electron chi connectivity index (χ2n) is 4.89. The van der Waals surface area contributed by atoms with Gasteiger partial charge >= 0.3 is 0 Å². The summed E-state index contributed by atoms with van der Waals surface area (Å²) >= 11 is 3.59. The number of aromatic nitrogens is 2. The van der Waals surface area contributed by atoms with Crippen molar-refractivity contribution < 1.29 is 0 Å². The van der Waals surface area contributed by atoms with Crippen molar-refractivity contribution in [3.63, 3.8) is 0 Å². The third-order valence-corrected chi connectivity index (χ3v) is 3.45. The lowest BCUT2D eigenvalue weighted by Gasteiger charge is -2.21. The van der Waals surface area contributed by atoms with Gasteiger partial charge in [0.1, 0.15) is 22.4 Å². The first kappa shape index (κ1) is 15.2. The molecule has 0 spiro atoms. The van der Waals surface area contributed by atoms with Gasteiger partial charge in [-0.1, -0.05) is 20.8 Å². The van der Waals surface area contributed by atoms with Gasteiger partial charge in [-0.15, -0.1) is 0 Å². The van der Waals surface area contributed by atoms with E-state index in [0.29, 0.717) is 5.92 Å². The monoisotopic (exact) mass is 314 g/mol. The Balaban J connectivity index is 2.75. The Hall–Kier alpha value is -0.840. The molecule has 0 atom stereocenters. The Bertz CT molecular complexity index is 368. The predicted molar refractivity (Wildman–Crippen MR) is 81.2 cm³/mol. The lowest BCUT2D eigenvalue weighted by molar-refractivity contribution is 0.583. The fourth-order valence-corrected chi connectivity index (χ4v) is 2.20. The van der Waals surface area contributed by atoms with Gasteiger partial charge in [0.15, 0.2) is 0 Å². The van der Waals surface area contributed by atoms with Gasteiger partial charge in [-0.25, -0.2) is 9.97 Å². The Kier molecular flexibility index (Phi) is 6.39. The molecule has 0 saturated carbocycles. The number of anilines is 2. The summed E-state index contributed by atoms with van der Waals surface area (Å²) in [5.41, 5.74) is 0. The molecular weight excluding hydrogens is 292 g/mol. The van der Waals surface area contributed by atoms with E-state index < -0.39 is 0 Å². The maximum atomic E-state index is 4.35. The highest BCUT2D eigenvalue weighted by Crippen LogP contribution is 2.28. The van der Waals surface area contributed by atoms with E-state index in [2.05, 4.69) is 63.9 Å². The summed E-state index contributed by atoms with van der Waals surface area (Å²) in [6.07, 6.45) is 3.85. The van der Waals surface area contributed by atoms with Crippen LogP contribution in [-0.4, -0.2) is 30.1 Å². The Labute approximate surface area is 118 Å². The Morgan fingerprint density at radius 1 is 1.39 bits per heavy atom. The maximum absolute atomic E-state index is 4.35. The van der Waals surface area contributed by atoms with Crippen LogP contribution in [0, 0.1) is 5.92 Å². The van der Waals surface area contributed by atoms with Gasteiger partial charge in [0, 0.05) is 20.1 Å². The molecule has 0 aromatic carbocycles. The van der Waals surface area contributed by atoms with Crippen molar-refractivity contribution in [1.29, 1.82) is 0 Å². The van der Waals surface area contributed by atoms with Crippen molar-refractivity contribution >= 4 is 27.6 Å². The van der Waals surface area contributed by atoms with Crippen LogP contribution < -0.4 is 10.2 Å². The van der Waals surface area contributed by atoms with E-state index in [9.17, 15) is 0 Å². The molecule has 1 N–H and O–H groups in total. The molecule has 18 heavy (non-hydrogen) atoms. The summed E-state index contributed by atoms with van der Waals surface area (Å²) in [5, 5.41) is 3.30. The van der Waals surface area contributed by atoms with Crippen molar-refractivity contribution in [1.82, 2.24) is 9.97 Å². The first-order valence-corrected chi connectivity index (χ1v) is 7.31. The maximum Gasteiger partial charge on any atom is 0.148 e. The largest absolute Gasteiger partial charge is 0.369 e. The third kappa shape index (κ3) is 4.44. The Morgan fingerprint density at radius 2 is 2.11 bits per heavy atom. The average Bonchev–Trinajstić information content (AvgIpc) is 2.34. The van der Waals surface area contributed by atoms with E-state index in [1.54, 1.807) is 6.33 Å². The van der Waals surface area contributed by atoms with Crippen molar-refractivity contribution in [2.24, 2.45) is 5.92 Å². The molecule has 0 fully saturated rings. The molecule has 5 heteroatoms. The number of rotatable bonds is 7. The van der Waals surface area contributed by atoms with Crippen LogP contribution in [0.1, 0.15) is 33.6 Å². The van der Waals surface area contributed by atoms with Crippen molar-refractivity contribution in [2.45, 2.75) is 33.6 Å². The standard InChI is InChI=1S/C13H23BrN4/c1-5-7-15-12-11(14)13(17-9-16-12)18(4)8-6-10(2)3/h9-10H,5-8H2,1-4H3,(H,15,16,17). The van der Waals surface area contributed by atoms with E-state index >= 15 is 0 Å². The van der Waals surface area contributed by atoms with E-state index in [-0.39, 0.29) is 0 Å². The number of nitrogens with one attached hydrogen (secondary N) is 1. The highest BCUT2D eigenvalue weighted by atomic mass is 79.9. The SMILES string of the molecule is CCCNc1ncnc(N(C)CCC(C)C)c1Br. The first-order chi connectivity index (χ1) is 8.56. The van der Waals surface area contributed by atoms with Crippen LogP contribution in [0.2, 0.25) is 0 Å². The minimum Gasteiger partial charge on any atom is -0.369 e. The van der Waals surface area contributed by atoms with Crippen LogP contribution in [0.4, 0.5) is 11.6 Å². The van der Waals surface area contributed by atoms with Crippen LogP contribution in [0.5, 0.6) is 0 Å². The highest BCUT2D eigenvalue weighted by molar-refractivity contribution is 9.10. The fourth-order valence-electron chi connectivity index (χ4n) is 1.55. The molecule has 4 nitrogen and oxygen atoms in total. The molecule has 0 amide bonds. The lowest BCUT2D eigenvalue weighted by Crippen LogP contribution is -2.22. The third-order valence-electron chi connectivity index (χ3n) is 2.72. The van der Waals surface area contributed by atoms with Crippen molar-refractivity contribution in [2.75, 3.05) is 30.4 Å². The van der Waals surface area contributed by atoms with Crippen molar-refractivity contribution in [3.05, 3.63) is 10.8 Å². The van der Waals surface area contributed by atoms with Gasteiger partial charge in [0.2, 0.25) is 0 Å². The summed E-state index contributed by atoms with van der Waals surface area (Å²) in [7, 11) is 2.07. The molecule has 1 rings (SSSR count). The van der Waals surface area contributed by atoms with E-state index in [0.717, 1.165) is 42.0 Å². The van der Waals surface area contributed by atoms with Gasteiger partial charge in [0.05, 0.1) is 0 Å². The highest BCUT2D eigenvalue weighted by Gasteiger charge is 2.12. The molecule has 1 aromatic rings. The second kappa shape index (κ2) is 7.56. The van der Waals surface area contributed by atoms with Gasteiger partial charge < -0.3 is 10.2 Å². The summed E-state index contributed by atoms with van der Waals surface area (Å²) < 4.78 is 0.949. The lowest BCUT2D eigenvalue weighted by atomic mass is 10.1. The van der Waals surface area contributed by atoms with Crippen LogP contribution in [0.15, 0.2) is 10.8 Å². The zero-order valence-electron chi connectivity index (χ0n) is 11.7. The average molecular weight is 315 g/mol. The minimum atomic E-state index is 0.700. The van der Waals surface area contributed by atoms with Gasteiger partial charge in [-0.05, 0) is 34.7 Å². The molecular formula is C13H23BrN4. The summed E-state index contributed by atoms with van der Waals surface area (Å²) in [4.78, 5) is 10.8.